The molecule has 0 saturated heterocycles. The summed E-state index contributed by atoms with van der Waals surface area (Å²) >= 11 is 0. The second-order valence-corrected chi connectivity index (χ2v) is 22.8. The molecular weight excluding hydrogens is 1250 g/mol. The van der Waals surface area contributed by atoms with Crippen LogP contribution in [0.4, 0.5) is 0 Å². The van der Waals surface area contributed by atoms with Crippen molar-refractivity contribution < 1.29 is 527 Å². The van der Waals surface area contributed by atoms with Crippen LogP contribution >= 0.6 is 78.2 Å². The normalized spacial score (nSPS) is 20.2. The number of rotatable bonds is 24. The van der Waals surface area contributed by atoms with Crippen LogP contribution in [-0.2, 0) is 103 Å². The maximum Gasteiger partial charge on any atom is 1.00 e. The number of hydrogen-bond donors (Lipinski definition) is 2. The van der Waals surface area contributed by atoms with Crippen LogP contribution in [0.5, 0.6) is 0 Å². The van der Waals surface area contributed by atoms with Crippen molar-refractivity contribution in [1.29, 1.82) is 0 Å². The molecule has 0 aliphatic carbocycles. The molecule has 11 atom stereocenters. The number of carboxylic acids is 2. The molecule has 0 amide bonds. The molecule has 0 aromatic rings. The quantitative estimate of drug-likeness (QED) is 0.0669. The summed E-state index contributed by atoms with van der Waals surface area (Å²) in [7, 11) is -71.6. The van der Waals surface area contributed by atoms with Gasteiger partial charge in [-0.25, -0.2) is 38.8 Å². The Kier molecular flexibility index (Phi) is 72.6. The van der Waals surface area contributed by atoms with Crippen molar-refractivity contribution in [3.05, 3.63) is 0 Å². The fourth-order valence-corrected chi connectivity index (χ4v) is 14.5. The Hall–Kier alpha value is 11.9. The molecular formula is C6H6Na12O37P10. The average Bonchev–Trinajstić information content (AvgIpc) is 2.67. The molecule has 0 saturated carbocycles. The van der Waals surface area contributed by atoms with Crippen LogP contribution in [0.2, 0.25) is 0 Å². The van der Waals surface area contributed by atoms with Gasteiger partial charge in [-0.1, -0.05) is 0 Å². The third-order valence-corrected chi connectivity index (χ3v) is 18.1. The molecule has 0 radical (unpaired) electrons. The van der Waals surface area contributed by atoms with E-state index in [1.54, 1.807) is 0 Å². The number of phosphoric ester groups is 1. The van der Waals surface area contributed by atoms with Gasteiger partial charge >= 0.3 is 368 Å². The summed E-state index contributed by atoms with van der Waals surface area (Å²) in [6, 6.07) is 0. The van der Waals surface area contributed by atoms with Crippen LogP contribution in [0.15, 0.2) is 0 Å². The maximum absolute atomic E-state index is 11.6. The molecule has 0 aromatic heterocycles. The summed E-state index contributed by atoms with van der Waals surface area (Å²) in [4.78, 5) is 154. The molecule has 0 spiro atoms. The van der Waals surface area contributed by atoms with Crippen LogP contribution in [0, 0.1) is 0 Å². The van der Waals surface area contributed by atoms with Crippen molar-refractivity contribution in [2.75, 3.05) is 0 Å². The maximum atomic E-state index is 11.6. The van der Waals surface area contributed by atoms with Gasteiger partial charge in [0.05, 0.1) is 12.4 Å². The number of aliphatic carboxylic acids is 2. The van der Waals surface area contributed by atoms with Gasteiger partial charge in [-0.15, -0.1) is 0 Å². The Bertz CT molecular complexity index is 1960. The van der Waals surface area contributed by atoms with E-state index in [1.165, 1.54) is 0 Å². The Balaban J connectivity index is -0.000000205. The first-order chi connectivity index (χ1) is 22.8. The fourth-order valence-electron chi connectivity index (χ4n) is 2.08. The summed E-state index contributed by atoms with van der Waals surface area (Å²) in [5, 5.41) is 30.8. The minimum absolute atomic E-state index is 0. The van der Waals surface area contributed by atoms with Gasteiger partial charge in [0.25, 0.3) is 70.4 Å². The van der Waals surface area contributed by atoms with E-state index in [2.05, 4.69) is 43.3 Å². The molecule has 11 unspecified atom stereocenters. The van der Waals surface area contributed by atoms with Gasteiger partial charge in [-0.3, -0.25) is 50.4 Å². The van der Waals surface area contributed by atoms with Gasteiger partial charge in [0.2, 0.25) is 0 Å². The minimum Gasteiger partial charge on any atom is -0.756 e. The molecule has 0 bridgehead atoms. The first-order valence-corrected chi connectivity index (χ1v) is 25.1. The van der Waals surface area contributed by atoms with Crippen molar-refractivity contribution in [2.45, 2.75) is 18.4 Å². The minimum atomic E-state index is -7.46. The third-order valence-electron chi connectivity index (χ3n) is 3.27. The van der Waals surface area contributed by atoms with Crippen LogP contribution in [0.25, 0.3) is 0 Å². The summed E-state index contributed by atoms with van der Waals surface area (Å²) in [5.41, 5.74) is -3.80. The van der Waals surface area contributed by atoms with Crippen LogP contribution in [0.1, 0.15) is 12.8 Å². The van der Waals surface area contributed by atoms with Crippen molar-refractivity contribution in [1.82, 2.24) is 0 Å². The molecule has 59 heteroatoms. The average molecular weight is 1260 g/mol. The number of hydrogen-bond acceptors (Lipinski definition) is 36. The largest absolute Gasteiger partial charge is 1.00 e. The van der Waals surface area contributed by atoms with Crippen LogP contribution < -0.4 is 414 Å². The first kappa shape index (κ1) is 108. The summed E-state index contributed by atoms with van der Waals surface area (Å²) in [6.07, 6.45) is -4.19. The van der Waals surface area contributed by atoms with E-state index in [1.807, 2.05) is 0 Å². The third kappa shape index (κ3) is 54.9. The predicted molar refractivity (Wildman–Crippen MR) is 118 cm³/mol. The molecule has 2 N–H and O–H groups in total. The molecule has 37 nitrogen and oxygen atoms in total. The topological polar surface area (TPSA) is 631 Å². The number of carbonyl (C=O) groups is 3. The van der Waals surface area contributed by atoms with Crippen molar-refractivity contribution in [3.8, 4) is 0 Å². The molecule has 0 rings (SSSR count). The first-order valence-electron chi connectivity index (χ1n) is 10.4. The summed E-state index contributed by atoms with van der Waals surface area (Å²) in [5.74, 6) is -7.77. The number of aliphatic hydroxyl groups is 1. The zero-order valence-corrected chi connectivity index (χ0v) is 68.0. The summed E-state index contributed by atoms with van der Waals surface area (Å²) in [6.45, 7) is 0. The van der Waals surface area contributed by atoms with Gasteiger partial charge in [0, 0.05) is 12.4 Å². The fraction of sp³-hybridized carbons (Fsp3) is 0.500. The van der Waals surface area contributed by atoms with E-state index < -0.39 is 115 Å². The van der Waals surface area contributed by atoms with E-state index in [0.29, 0.717) is 0 Å². The van der Waals surface area contributed by atoms with E-state index in [4.69, 9.17) is 4.89 Å². The molecule has 314 valence electrons. The van der Waals surface area contributed by atoms with Crippen molar-refractivity contribution in [2.24, 2.45) is 0 Å². The Morgan fingerprint density at radius 3 is 0.723 bits per heavy atom. The molecule has 65 heavy (non-hydrogen) atoms. The number of carbonyl (C=O) groups excluding carboxylic acids is 3. The van der Waals surface area contributed by atoms with Crippen molar-refractivity contribution in [3.63, 3.8) is 0 Å². The monoisotopic (exact) mass is 1260 g/mol. The molecule has 0 heterocycles. The number of carboxylic acid groups (broad SMARTS) is 2. The van der Waals surface area contributed by atoms with Gasteiger partial charge < -0.3 is 83.3 Å². The SMILES string of the molecule is O=C([O-])CC(O)(CC(=O)OP(=O)([O-])OP(=O)([O-])OP(=O)([O-])OP(=O)([O-])OP(=O)([O-])OP(=O)([O-])OP(=O)([O-])OP(=O)([O-])OP(=O)([O-])OP(=O)([O-])O)C(=O)[O-].[Na+].[Na+].[Na+].[Na+].[Na+].[Na+].[Na+].[Na+].[Na+].[Na+].[Na+].[Na+]. The van der Waals surface area contributed by atoms with E-state index in [9.17, 15) is 124 Å². The second-order valence-electron chi connectivity index (χ2n) is 7.74. The Labute approximate surface area is 628 Å². The van der Waals surface area contributed by atoms with E-state index in [-0.39, 0.29) is 355 Å². The van der Waals surface area contributed by atoms with Crippen molar-refractivity contribution >= 4 is 96.1 Å². The Morgan fingerprint density at radius 2 is 0.554 bits per heavy atom. The standard InChI is InChI=1S/C6H18O37P10.12Na/c7-3(8)1-6(12,5(10)11)2-4(9)34-45(16,17)36-47(20,21)38-49(24,25)40-51(28,29)42-53(32,33)43-52(30,31)41-50(26,27)39-48(22,23)37-46(18,19)35-44(13,14)15;;;;;;;;;;;;/h12H,1-2H2,(H,7,8)(H,10,11)(H,16,17)(H,18,19)(H,20,21)(H,22,23)(H,24,25)(H,26,27)(H,28,29)(H,30,31)(H,32,33)(H2,13,14,15);;;;;;;;;;;;/q;12*+1/p-12. The zero-order valence-electron chi connectivity index (χ0n) is 35.1. The van der Waals surface area contributed by atoms with E-state index in [0.717, 1.165) is 0 Å². The van der Waals surface area contributed by atoms with Gasteiger partial charge in [0.1, 0.15) is 5.60 Å². The molecule has 0 aliphatic heterocycles. The van der Waals surface area contributed by atoms with Gasteiger partial charge in [-0.05, 0) is 0 Å². The zero-order chi connectivity index (χ0) is 42.7. The van der Waals surface area contributed by atoms with Crippen LogP contribution in [0.3, 0.4) is 0 Å². The molecule has 0 fully saturated rings. The second kappa shape index (κ2) is 43.5. The smallest absolute Gasteiger partial charge is 0.756 e. The molecule has 0 aromatic carbocycles. The van der Waals surface area contributed by atoms with Crippen LogP contribution in [-0.4, -0.2) is 33.5 Å². The summed E-state index contributed by atoms with van der Waals surface area (Å²) < 4.78 is 142. The predicted octanol–water partition coefficient (Wildman–Crippen LogP) is -45.6. The van der Waals surface area contributed by atoms with Gasteiger partial charge in [0.15, 0.2) is 0 Å². The molecule has 0 aliphatic rings. The Morgan fingerprint density at radius 1 is 0.369 bits per heavy atom. The van der Waals surface area contributed by atoms with E-state index >= 15 is 0 Å². The van der Waals surface area contributed by atoms with Gasteiger partial charge in [-0.2, -0.15) is 0 Å². The number of phosphoric acid groups is 10.